The number of imidazole rings is 1. The van der Waals surface area contributed by atoms with E-state index >= 15 is 0 Å². The standard InChI is InChI=1S/C21H23N7O3S/c1-13-23-20(28(26-13)21-24-16-6-2-3-7-17(16)25-21)14-8-9-19(29)18(11-14)27-32(30,31)15-5-4-10-22-12-15/h2-7,10,12,14,18-19,27,29H,8-9,11H2,1H3,(H,24,25)/t14-,18+,19+/m0/s1. The van der Waals surface area contributed by atoms with Crippen molar-refractivity contribution in [1.29, 1.82) is 0 Å². The molecule has 1 aromatic carbocycles. The van der Waals surface area contributed by atoms with Gasteiger partial charge in [0.1, 0.15) is 16.5 Å². The van der Waals surface area contributed by atoms with Crippen molar-refractivity contribution in [2.75, 3.05) is 0 Å². The van der Waals surface area contributed by atoms with E-state index in [2.05, 4.69) is 29.8 Å². The Morgan fingerprint density at radius 2 is 2.00 bits per heavy atom. The summed E-state index contributed by atoms with van der Waals surface area (Å²) in [5.41, 5.74) is 1.71. The number of aromatic amines is 1. The van der Waals surface area contributed by atoms with E-state index in [0.717, 1.165) is 11.0 Å². The second-order valence-electron chi connectivity index (χ2n) is 8.00. The molecule has 5 rings (SSSR count). The Labute approximate surface area is 184 Å². The van der Waals surface area contributed by atoms with Gasteiger partial charge in [-0.1, -0.05) is 12.1 Å². The number of H-pyrrole nitrogens is 1. The lowest BCUT2D eigenvalue weighted by atomic mass is 9.83. The van der Waals surface area contributed by atoms with Gasteiger partial charge in [0.15, 0.2) is 0 Å². The molecule has 11 heteroatoms. The molecule has 3 heterocycles. The van der Waals surface area contributed by atoms with Crippen molar-refractivity contribution in [1.82, 2.24) is 34.4 Å². The van der Waals surface area contributed by atoms with Gasteiger partial charge < -0.3 is 10.1 Å². The minimum absolute atomic E-state index is 0.0654. The molecule has 1 saturated carbocycles. The fourth-order valence-corrected chi connectivity index (χ4v) is 5.43. The fraction of sp³-hybridized carbons (Fsp3) is 0.333. The third-order valence-electron chi connectivity index (χ3n) is 5.75. The molecule has 3 atom stereocenters. The summed E-state index contributed by atoms with van der Waals surface area (Å²) in [7, 11) is -3.81. The zero-order chi connectivity index (χ0) is 22.3. The normalized spacial score (nSPS) is 21.8. The zero-order valence-corrected chi connectivity index (χ0v) is 18.2. The Kier molecular flexibility index (Phi) is 5.24. The molecule has 0 bridgehead atoms. The maximum atomic E-state index is 12.8. The molecule has 1 aliphatic carbocycles. The lowest BCUT2D eigenvalue weighted by Gasteiger charge is -2.33. The monoisotopic (exact) mass is 453 g/mol. The zero-order valence-electron chi connectivity index (χ0n) is 17.4. The highest BCUT2D eigenvalue weighted by Gasteiger charge is 2.36. The molecule has 3 N–H and O–H groups in total. The van der Waals surface area contributed by atoms with E-state index in [1.165, 1.54) is 18.5 Å². The first-order valence-electron chi connectivity index (χ1n) is 10.4. The van der Waals surface area contributed by atoms with Crippen molar-refractivity contribution < 1.29 is 13.5 Å². The van der Waals surface area contributed by atoms with E-state index in [-0.39, 0.29) is 10.8 Å². The predicted octanol–water partition coefficient (Wildman–Crippen LogP) is 1.82. The number of sulfonamides is 1. The molecule has 3 aromatic heterocycles. The van der Waals surface area contributed by atoms with Gasteiger partial charge in [-0.05, 0) is 50.5 Å². The Balaban J connectivity index is 1.43. The maximum Gasteiger partial charge on any atom is 0.242 e. The van der Waals surface area contributed by atoms with Crippen LogP contribution in [0, 0.1) is 6.92 Å². The second-order valence-corrected chi connectivity index (χ2v) is 9.71. The lowest BCUT2D eigenvalue weighted by molar-refractivity contribution is 0.0918. The number of hydrogen-bond donors (Lipinski definition) is 3. The van der Waals surface area contributed by atoms with Gasteiger partial charge in [0.25, 0.3) is 0 Å². The van der Waals surface area contributed by atoms with Crippen LogP contribution >= 0.6 is 0 Å². The van der Waals surface area contributed by atoms with Crippen molar-refractivity contribution >= 4 is 21.1 Å². The largest absolute Gasteiger partial charge is 0.391 e. The number of fused-ring (bicyclic) bond motifs is 1. The summed E-state index contributed by atoms with van der Waals surface area (Å²) in [5.74, 6) is 1.74. The van der Waals surface area contributed by atoms with Crippen LogP contribution in [-0.4, -0.2) is 55.4 Å². The first-order chi connectivity index (χ1) is 15.4. The van der Waals surface area contributed by atoms with Crippen molar-refractivity contribution in [2.45, 2.75) is 49.1 Å². The van der Waals surface area contributed by atoms with Crippen LogP contribution in [0.25, 0.3) is 17.0 Å². The van der Waals surface area contributed by atoms with Crippen LogP contribution in [0.4, 0.5) is 0 Å². The summed E-state index contributed by atoms with van der Waals surface area (Å²) in [6.45, 7) is 1.81. The summed E-state index contributed by atoms with van der Waals surface area (Å²) in [6.07, 6.45) is 3.50. The molecule has 0 spiro atoms. The molecule has 4 aromatic rings. The number of pyridine rings is 1. The Morgan fingerprint density at radius 3 is 2.78 bits per heavy atom. The minimum atomic E-state index is -3.81. The van der Waals surface area contributed by atoms with Crippen molar-refractivity contribution in [3.05, 3.63) is 60.4 Å². The summed E-state index contributed by atoms with van der Waals surface area (Å²) < 4.78 is 29.9. The molecular formula is C21H23N7O3S. The smallest absolute Gasteiger partial charge is 0.242 e. The third kappa shape index (κ3) is 3.90. The Hall–Kier alpha value is -3.15. The van der Waals surface area contributed by atoms with E-state index in [0.29, 0.717) is 36.9 Å². The third-order valence-corrected chi connectivity index (χ3v) is 7.22. The van der Waals surface area contributed by atoms with E-state index in [1.54, 1.807) is 10.7 Å². The molecule has 0 aliphatic heterocycles. The number of nitrogens with one attached hydrogen (secondary N) is 2. The number of nitrogens with zero attached hydrogens (tertiary/aromatic N) is 5. The Bertz CT molecular complexity index is 1320. The molecule has 1 fully saturated rings. The van der Waals surface area contributed by atoms with Gasteiger partial charge in [-0.3, -0.25) is 4.98 Å². The van der Waals surface area contributed by atoms with Crippen LogP contribution < -0.4 is 4.72 Å². The van der Waals surface area contributed by atoms with Crippen LogP contribution in [0.15, 0.2) is 53.7 Å². The number of aryl methyl sites for hydroxylation is 1. The molecule has 0 unspecified atom stereocenters. The topological polar surface area (TPSA) is 139 Å². The van der Waals surface area contributed by atoms with Gasteiger partial charge >= 0.3 is 0 Å². The van der Waals surface area contributed by atoms with Crippen LogP contribution in [0.2, 0.25) is 0 Å². The molecule has 0 radical (unpaired) electrons. The highest BCUT2D eigenvalue weighted by Crippen LogP contribution is 2.34. The highest BCUT2D eigenvalue weighted by molar-refractivity contribution is 7.89. The maximum absolute atomic E-state index is 12.8. The number of hydrogen-bond acceptors (Lipinski definition) is 7. The first-order valence-corrected chi connectivity index (χ1v) is 11.9. The molecule has 1 aliphatic rings. The summed E-state index contributed by atoms with van der Waals surface area (Å²) in [5, 5.41) is 15.0. The average molecular weight is 454 g/mol. The molecule has 0 saturated heterocycles. The second kappa shape index (κ2) is 8.08. The van der Waals surface area contributed by atoms with Crippen LogP contribution in [-0.2, 0) is 10.0 Å². The van der Waals surface area contributed by atoms with Crippen LogP contribution in [0.1, 0.15) is 36.8 Å². The van der Waals surface area contributed by atoms with Crippen molar-refractivity contribution in [3.63, 3.8) is 0 Å². The average Bonchev–Trinajstić information content (AvgIpc) is 3.39. The van der Waals surface area contributed by atoms with Crippen molar-refractivity contribution in [2.24, 2.45) is 0 Å². The van der Waals surface area contributed by atoms with Crippen LogP contribution in [0.3, 0.4) is 0 Å². The van der Waals surface area contributed by atoms with Crippen molar-refractivity contribution in [3.8, 4) is 5.95 Å². The van der Waals surface area contributed by atoms with Gasteiger partial charge in [-0.25, -0.2) is 23.1 Å². The quantitative estimate of drug-likeness (QED) is 0.419. The molecule has 10 nitrogen and oxygen atoms in total. The number of aliphatic hydroxyl groups is 1. The van der Waals surface area contributed by atoms with Gasteiger partial charge in [0, 0.05) is 24.4 Å². The number of benzene rings is 1. The molecular weight excluding hydrogens is 430 g/mol. The fourth-order valence-electron chi connectivity index (χ4n) is 4.18. The highest BCUT2D eigenvalue weighted by atomic mass is 32.2. The van der Waals surface area contributed by atoms with E-state index in [9.17, 15) is 13.5 Å². The number of para-hydroxylation sites is 2. The van der Waals surface area contributed by atoms with Gasteiger partial charge in [-0.2, -0.15) is 4.68 Å². The number of aliphatic hydroxyl groups excluding tert-OH is 1. The van der Waals surface area contributed by atoms with E-state index in [1.807, 2.05) is 31.2 Å². The Morgan fingerprint density at radius 1 is 1.16 bits per heavy atom. The minimum Gasteiger partial charge on any atom is -0.391 e. The first kappa shape index (κ1) is 20.7. The molecule has 0 amide bonds. The SMILES string of the molecule is Cc1nc([C@H]2CC[C@@H](O)[C@H](NS(=O)(=O)c3cccnc3)C2)n(-c2nc3ccccc3[nH]2)n1. The van der Waals surface area contributed by atoms with E-state index in [4.69, 9.17) is 0 Å². The number of rotatable bonds is 5. The predicted molar refractivity (Wildman–Crippen MR) is 117 cm³/mol. The van der Waals surface area contributed by atoms with E-state index < -0.39 is 22.2 Å². The summed E-state index contributed by atoms with van der Waals surface area (Å²) >= 11 is 0. The van der Waals surface area contributed by atoms with Gasteiger partial charge in [0.05, 0.1) is 17.1 Å². The summed E-state index contributed by atoms with van der Waals surface area (Å²) in [6, 6.07) is 10.1. The van der Waals surface area contributed by atoms with Crippen LogP contribution in [0.5, 0.6) is 0 Å². The lowest BCUT2D eigenvalue weighted by Crippen LogP contribution is -2.46. The summed E-state index contributed by atoms with van der Waals surface area (Å²) in [4.78, 5) is 16.4. The van der Waals surface area contributed by atoms with Gasteiger partial charge in [-0.15, -0.1) is 5.10 Å². The number of aromatic nitrogens is 6. The molecule has 166 valence electrons. The van der Waals surface area contributed by atoms with Gasteiger partial charge in [0.2, 0.25) is 16.0 Å². The molecule has 32 heavy (non-hydrogen) atoms.